The Morgan fingerprint density at radius 2 is 1.95 bits per heavy atom. The Bertz CT molecular complexity index is 771. The fourth-order valence-corrected chi connectivity index (χ4v) is 1.80. The number of nitrogens with zero attached hydrogens (tertiary/aromatic N) is 2. The number of aromatic carboxylic acids is 1. The first-order valence-corrected chi connectivity index (χ1v) is 5.78. The van der Waals surface area contributed by atoms with Crippen LogP contribution < -0.4 is 5.43 Å². The fraction of sp³-hybridized carbons (Fsp3) is 0.0833. The van der Waals surface area contributed by atoms with Gasteiger partial charge in [-0.1, -0.05) is 11.6 Å². The van der Waals surface area contributed by atoms with Gasteiger partial charge in [0.25, 0.3) is 0 Å². The normalized spacial score (nSPS) is 11.4. The number of hydrogen-bond acceptors (Lipinski definition) is 3. The molecule has 1 heterocycles. The second-order valence-electron chi connectivity index (χ2n) is 3.97. The van der Waals surface area contributed by atoms with Crippen LogP contribution in [0.3, 0.4) is 0 Å². The average molecular weight is 319 g/mol. The number of aromatic nitrogens is 2. The van der Waals surface area contributed by atoms with Gasteiger partial charge in [-0.25, -0.2) is 9.48 Å². The molecule has 2 aromatic rings. The predicted molar refractivity (Wildman–Crippen MR) is 66.8 cm³/mol. The first-order valence-electron chi connectivity index (χ1n) is 5.40. The van der Waals surface area contributed by atoms with Gasteiger partial charge in [0.2, 0.25) is 11.1 Å². The molecule has 0 bridgehead atoms. The monoisotopic (exact) mass is 318 g/mol. The van der Waals surface area contributed by atoms with E-state index < -0.39 is 28.8 Å². The number of carbonyl (C=O) groups is 1. The van der Waals surface area contributed by atoms with Gasteiger partial charge in [-0.3, -0.25) is 4.79 Å². The zero-order valence-corrected chi connectivity index (χ0v) is 10.8. The molecule has 0 atom stereocenters. The third-order valence-electron chi connectivity index (χ3n) is 2.49. The van der Waals surface area contributed by atoms with Gasteiger partial charge in [0.1, 0.15) is 0 Å². The van der Waals surface area contributed by atoms with Gasteiger partial charge in [-0.2, -0.15) is 18.3 Å². The van der Waals surface area contributed by atoms with Crippen LogP contribution >= 0.6 is 11.6 Å². The van der Waals surface area contributed by atoms with Gasteiger partial charge in [-0.15, -0.1) is 0 Å². The molecule has 0 radical (unpaired) electrons. The summed E-state index contributed by atoms with van der Waals surface area (Å²) >= 11 is 5.62. The highest BCUT2D eigenvalue weighted by atomic mass is 35.5. The van der Waals surface area contributed by atoms with E-state index in [0.717, 1.165) is 29.1 Å². The summed E-state index contributed by atoms with van der Waals surface area (Å²) in [5.41, 5.74) is -2.78. The quantitative estimate of drug-likeness (QED) is 0.924. The van der Waals surface area contributed by atoms with E-state index in [1.165, 1.54) is 6.07 Å². The minimum Gasteiger partial charge on any atom is -0.476 e. The number of benzene rings is 1. The molecule has 0 aliphatic heterocycles. The molecule has 110 valence electrons. The van der Waals surface area contributed by atoms with Crippen LogP contribution in [0.15, 0.2) is 35.3 Å². The Kier molecular flexibility index (Phi) is 3.73. The van der Waals surface area contributed by atoms with E-state index in [4.69, 9.17) is 16.7 Å². The standard InChI is InChI=1S/C12H6ClF3N2O3/c13-7-3-6(12(14,15)16)4-8(5-7)18-2-1-9(19)10(17-18)11(20)21/h1-5H,(H,20,21). The van der Waals surface area contributed by atoms with Crippen molar-refractivity contribution >= 4 is 17.6 Å². The molecule has 9 heteroatoms. The molecule has 5 nitrogen and oxygen atoms in total. The van der Waals surface area contributed by atoms with E-state index in [-0.39, 0.29) is 10.7 Å². The Labute approximate surface area is 120 Å². The van der Waals surface area contributed by atoms with Gasteiger partial charge in [-0.05, 0) is 18.2 Å². The van der Waals surface area contributed by atoms with Crippen molar-refractivity contribution in [2.75, 3.05) is 0 Å². The molecule has 1 N–H and O–H groups in total. The van der Waals surface area contributed by atoms with E-state index >= 15 is 0 Å². The van der Waals surface area contributed by atoms with Gasteiger partial charge >= 0.3 is 12.1 Å². The van der Waals surface area contributed by atoms with Crippen molar-refractivity contribution in [3.05, 3.63) is 57.0 Å². The maximum absolute atomic E-state index is 12.7. The van der Waals surface area contributed by atoms with Gasteiger partial charge in [0.15, 0.2) is 0 Å². The third kappa shape index (κ3) is 3.22. The number of alkyl halides is 3. The Morgan fingerprint density at radius 3 is 2.52 bits per heavy atom. The van der Waals surface area contributed by atoms with Crippen LogP contribution in [0.1, 0.15) is 16.1 Å². The van der Waals surface area contributed by atoms with Crippen molar-refractivity contribution in [1.29, 1.82) is 0 Å². The first-order chi connectivity index (χ1) is 9.68. The smallest absolute Gasteiger partial charge is 0.416 e. The summed E-state index contributed by atoms with van der Waals surface area (Å²) in [5, 5.41) is 12.1. The molecule has 1 aromatic heterocycles. The zero-order valence-electron chi connectivity index (χ0n) is 10.1. The van der Waals surface area contributed by atoms with Crippen molar-refractivity contribution in [3.63, 3.8) is 0 Å². The maximum atomic E-state index is 12.7. The first kappa shape index (κ1) is 15.0. The molecular formula is C12H6ClF3N2O3. The van der Waals surface area contributed by atoms with E-state index in [9.17, 15) is 22.8 Å². The summed E-state index contributed by atoms with van der Waals surface area (Å²) in [6.45, 7) is 0. The Hall–Kier alpha value is -2.35. The predicted octanol–water partition coefficient (Wildman–Crippen LogP) is 2.60. The highest BCUT2D eigenvalue weighted by Gasteiger charge is 2.31. The van der Waals surface area contributed by atoms with Crippen molar-refractivity contribution in [2.45, 2.75) is 6.18 Å². The minimum atomic E-state index is -4.62. The van der Waals surface area contributed by atoms with Crippen molar-refractivity contribution in [1.82, 2.24) is 9.78 Å². The lowest BCUT2D eigenvalue weighted by molar-refractivity contribution is -0.137. The molecule has 1 aromatic carbocycles. The van der Waals surface area contributed by atoms with Gasteiger partial charge in [0, 0.05) is 17.3 Å². The van der Waals surface area contributed by atoms with Crippen LogP contribution in [0, 0.1) is 0 Å². The molecule has 0 amide bonds. The molecule has 0 spiro atoms. The van der Waals surface area contributed by atoms with Crippen molar-refractivity contribution < 1.29 is 23.1 Å². The summed E-state index contributed by atoms with van der Waals surface area (Å²) in [6, 6.07) is 3.53. The summed E-state index contributed by atoms with van der Waals surface area (Å²) in [7, 11) is 0. The Morgan fingerprint density at radius 1 is 1.29 bits per heavy atom. The average Bonchev–Trinajstić information content (AvgIpc) is 2.37. The van der Waals surface area contributed by atoms with E-state index in [1.807, 2.05) is 0 Å². The minimum absolute atomic E-state index is 0.114. The lowest BCUT2D eigenvalue weighted by Gasteiger charge is -2.11. The molecule has 0 saturated heterocycles. The topological polar surface area (TPSA) is 72.2 Å². The van der Waals surface area contributed by atoms with Crippen LogP contribution in [0.4, 0.5) is 13.2 Å². The number of hydrogen-bond donors (Lipinski definition) is 1. The van der Waals surface area contributed by atoms with Crippen LogP contribution in [-0.2, 0) is 6.18 Å². The number of carboxylic acids is 1. The van der Waals surface area contributed by atoms with Crippen LogP contribution in [0.2, 0.25) is 5.02 Å². The molecule has 0 fully saturated rings. The lowest BCUT2D eigenvalue weighted by atomic mass is 10.2. The van der Waals surface area contributed by atoms with Crippen molar-refractivity contribution in [3.8, 4) is 5.69 Å². The highest BCUT2D eigenvalue weighted by Crippen LogP contribution is 2.32. The summed E-state index contributed by atoms with van der Waals surface area (Å²) in [6.07, 6.45) is -3.56. The van der Waals surface area contributed by atoms with Crippen LogP contribution in [0.5, 0.6) is 0 Å². The second kappa shape index (κ2) is 5.21. The number of halogens is 4. The largest absolute Gasteiger partial charge is 0.476 e. The summed E-state index contributed by atoms with van der Waals surface area (Å²) in [4.78, 5) is 22.1. The number of carboxylic acid groups (broad SMARTS) is 1. The second-order valence-corrected chi connectivity index (χ2v) is 4.41. The van der Waals surface area contributed by atoms with Gasteiger partial charge < -0.3 is 5.11 Å². The molecule has 2 rings (SSSR count). The maximum Gasteiger partial charge on any atom is 0.416 e. The van der Waals surface area contributed by atoms with Crippen molar-refractivity contribution in [2.24, 2.45) is 0 Å². The molecule has 0 unspecified atom stereocenters. The molecule has 0 saturated carbocycles. The van der Waals surface area contributed by atoms with E-state index in [0.29, 0.717) is 0 Å². The van der Waals surface area contributed by atoms with Crippen LogP contribution in [0.25, 0.3) is 5.69 Å². The summed E-state index contributed by atoms with van der Waals surface area (Å²) < 4.78 is 38.9. The SMILES string of the molecule is O=C(O)c1nn(-c2cc(Cl)cc(C(F)(F)F)c2)ccc1=O. The molecule has 21 heavy (non-hydrogen) atoms. The molecular weight excluding hydrogens is 313 g/mol. The lowest BCUT2D eigenvalue weighted by Crippen LogP contribution is -2.20. The summed E-state index contributed by atoms with van der Waals surface area (Å²) in [5.74, 6) is -1.58. The third-order valence-corrected chi connectivity index (χ3v) is 2.70. The fourth-order valence-electron chi connectivity index (χ4n) is 1.57. The van der Waals surface area contributed by atoms with E-state index in [1.54, 1.807) is 0 Å². The van der Waals surface area contributed by atoms with Crippen LogP contribution in [-0.4, -0.2) is 20.9 Å². The number of rotatable bonds is 2. The highest BCUT2D eigenvalue weighted by molar-refractivity contribution is 6.30. The molecule has 0 aliphatic carbocycles. The van der Waals surface area contributed by atoms with Gasteiger partial charge in [0.05, 0.1) is 11.3 Å². The van der Waals surface area contributed by atoms with E-state index in [2.05, 4.69) is 5.10 Å². The zero-order chi connectivity index (χ0) is 15.8. The Balaban J connectivity index is 2.62. The molecule has 0 aliphatic rings.